The fourth-order valence-electron chi connectivity index (χ4n) is 6.05. The molecular weight excluding hydrogens is 480 g/mol. The molecule has 0 amide bonds. The van der Waals surface area contributed by atoms with E-state index in [1.165, 1.54) is 5.56 Å². The summed E-state index contributed by atoms with van der Waals surface area (Å²) in [7, 11) is 0. The van der Waals surface area contributed by atoms with Crippen LogP contribution in [0.3, 0.4) is 0 Å². The van der Waals surface area contributed by atoms with E-state index < -0.39 is 0 Å². The quantitative estimate of drug-likeness (QED) is 0.236. The summed E-state index contributed by atoms with van der Waals surface area (Å²) >= 11 is 0. The number of fused-ring (bicyclic) bond motifs is 5. The number of aliphatic imine (C=N–C) groups is 1. The van der Waals surface area contributed by atoms with Crippen molar-refractivity contribution in [3.8, 4) is 33.9 Å². The van der Waals surface area contributed by atoms with E-state index in [2.05, 4.69) is 38.1 Å². The highest BCUT2D eigenvalue weighted by atomic mass is 16.3. The predicted octanol–water partition coefficient (Wildman–Crippen LogP) is 8.52. The lowest BCUT2D eigenvalue weighted by Gasteiger charge is -2.23. The minimum Gasteiger partial charge on any atom is -0.507 e. The average molecular weight is 507 g/mol. The third-order valence-electron chi connectivity index (χ3n) is 7.93. The maximum absolute atomic E-state index is 11.7. The van der Waals surface area contributed by atoms with Gasteiger partial charge in [0.15, 0.2) is 0 Å². The Kier molecular flexibility index (Phi) is 5.07. The molecule has 0 spiro atoms. The van der Waals surface area contributed by atoms with Crippen molar-refractivity contribution in [3.05, 3.63) is 120 Å². The van der Waals surface area contributed by atoms with Crippen LogP contribution in [0.25, 0.3) is 43.9 Å². The van der Waals surface area contributed by atoms with Gasteiger partial charge in [0.25, 0.3) is 0 Å². The third kappa shape index (κ3) is 3.52. The number of aromatic hydroxyl groups is 2. The molecule has 7 rings (SSSR count). The summed E-state index contributed by atoms with van der Waals surface area (Å²) < 4.78 is 0. The Morgan fingerprint density at radius 3 is 2.31 bits per heavy atom. The Labute approximate surface area is 226 Å². The van der Waals surface area contributed by atoms with Crippen molar-refractivity contribution in [1.82, 2.24) is 4.98 Å². The molecule has 0 aliphatic heterocycles. The number of pyridine rings is 1. The minimum absolute atomic E-state index is 0.193. The summed E-state index contributed by atoms with van der Waals surface area (Å²) in [6.45, 7) is 4.32. The molecule has 1 aromatic heterocycles. The largest absolute Gasteiger partial charge is 0.507 e. The van der Waals surface area contributed by atoms with Gasteiger partial charge in [-0.2, -0.15) is 0 Å². The van der Waals surface area contributed by atoms with E-state index in [9.17, 15) is 10.2 Å². The van der Waals surface area contributed by atoms with Crippen molar-refractivity contribution in [1.29, 1.82) is 0 Å². The van der Waals surface area contributed by atoms with E-state index in [0.717, 1.165) is 32.8 Å². The molecule has 2 N–H and O–H groups in total. The molecule has 4 nitrogen and oxygen atoms in total. The molecule has 0 bridgehead atoms. The first kappa shape index (κ1) is 23.2. The number of phenolic OH excluding ortho intramolecular Hbond substituents is 2. The molecule has 1 aliphatic carbocycles. The fraction of sp³-hybridized carbons (Fsp3) is 0.0857. The van der Waals surface area contributed by atoms with Crippen LogP contribution in [-0.2, 0) is 5.41 Å². The Bertz CT molecular complexity index is 1970. The summed E-state index contributed by atoms with van der Waals surface area (Å²) in [4.78, 5) is 9.77. The van der Waals surface area contributed by atoms with Gasteiger partial charge in [-0.1, -0.05) is 92.7 Å². The van der Waals surface area contributed by atoms with Gasteiger partial charge in [0.1, 0.15) is 11.5 Å². The molecule has 1 heterocycles. The standard InChI is InChI=1S/C35H26N2O2/c1-35(2)27-14-6-5-13-24(27)25-17-18-26(34(39)33(25)35)29-19-22-9-3-4-12-23(22)30(37-29)20-36-28-15-7-10-21-11-8-16-31(38)32(21)28/h3-20,38-39H,1-2H3. The van der Waals surface area contributed by atoms with Gasteiger partial charge in [0.2, 0.25) is 0 Å². The first-order chi connectivity index (χ1) is 18.9. The van der Waals surface area contributed by atoms with E-state index in [0.29, 0.717) is 28.0 Å². The normalized spacial score (nSPS) is 13.7. The SMILES string of the molecule is CC1(C)c2ccccc2-c2ccc(-c3cc4ccccc4c(C=Nc4cccc5cccc(O)c45)n3)c(O)c21. The maximum Gasteiger partial charge on any atom is 0.129 e. The number of hydrogen-bond donors (Lipinski definition) is 2. The van der Waals surface area contributed by atoms with Gasteiger partial charge >= 0.3 is 0 Å². The maximum atomic E-state index is 11.7. The van der Waals surface area contributed by atoms with Crippen LogP contribution < -0.4 is 0 Å². The van der Waals surface area contributed by atoms with Crippen LogP contribution in [0, 0.1) is 0 Å². The summed E-state index contributed by atoms with van der Waals surface area (Å²) in [5.41, 5.74) is 6.78. The summed E-state index contributed by atoms with van der Waals surface area (Å²) in [5, 5.41) is 25.8. The molecule has 0 saturated heterocycles. The Morgan fingerprint density at radius 1 is 0.718 bits per heavy atom. The molecule has 188 valence electrons. The highest BCUT2D eigenvalue weighted by Gasteiger charge is 2.38. The molecule has 6 aromatic rings. The van der Waals surface area contributed by atoms with Crippen LogP contribution in [0.4, 0.5) is 5.69 Å². The minimum atomic E-state index is -0.330. The lowest BCUT2D eigenvalue weighted by atomic mass is 9.81. The second-order valence-electron chi connectivity index (χ2n) is 10.6. The van der Waals surface area contributed by atoms with Gasteiger partial charge in [-0.15, -0.1) is 0 Å². The summed E-state index contributed by atoms with van der Waals surface area (Å²) in [5.74, 6) is 0.455. The number of nitrogens with zero attached hydrogens (tertiary/aromatic N) is 2. The topological polar surface area (TPSA) is 65.7 Å². The van der Waals surface area contributed by atoms with Gasteiger partial charge in [-0.25, -0.2) is 4.98 Å². The molecular formula is C35H26N2O2. The molecule has 1 aliphatic rings. The van der Waals surface area contributed by atoms with Crippen molar-refractivity contribution in [2.45, 2.75) is 19.3 Å². The number of aromatic nitrogens is 1. The fourth-order valence-corrected chi connectivity index (χ4v) is 6.05. The molecule has 0 unspecified atom stereocenters. The van der Waals surface area contributed by atoms with E-state index >= 15 is 0 Å². The van der Waals surface area contributed by atoms with Gasteiger partial charge in [0.05, 0.1) is 23.3 Å². The van der Waals surface area contributed by atoms with Gasteiger partial charge in [-0.05, 0) is 51.7 Å². The molecule has 0 atom stereocenters. The number of benzene rings is 5. The molecule has 5 aromatic carbocycles. The molecule has 0 fully saturated rings. The highest BCUT2D eigenvalue weighted by Crippen LogP contribution is 2.54. The monoisotopic (exact) mass is 506 g/mol. The van der Waals surface area contributed by atoms with Crippen molar-refractivity contribution in [3.63, 3.8) is 0 Å². The van der Waals surface area contributed by atoms with E-state index in [1.54, 1.807) is 12.3 Å². The van der Waals surface area contributed by atoms with Crippen molar-refractivity contribution in [2.75, 3.05) is 0 Å². The van der Waals surface area contributed by atoms with E-state index in [1.807, 2.05) is 72.8 Å². The number of phenols is 2. The van der Waals surface area contributed by atoms with Crippen molar-refractivity contribution >= 4 is 33.4 Å². The van der Waals surface area contributed by atoms with Gasteiger partial charge < -0.3 is 10.2 Å². The van der Waals surface area contributed by atoms with Crippen LogP contribution >= 0.6 is 0 Å². The second kappa shape index (κ2) is 8.53. The van der Waals surface area contributed by atoms with Crippen LogP contribution in [0.2, 0.25) is 0 Å². The van der Waals surface area contributed by atoms with Crippen LogP contribution in [-0.4, -0.2) is 21.4 Å². The number of rotatable bonds is 3. The second-order valence-corrected chi connectivity index (χ2v) is 10.6. The lowest BCUT2D eigenvalue weighted by Crippen LogP contribution is -2.15. The first-order valence-electron chi connectivity index (χ1n) is 13.0. The van der Waals surface area contributed by atoms with Crippen LogP contribution in [0.15, 0.2) is 108 Å². The molecule has 4 heteroatoms. The Balaban J connectivity index is 1.40. The molecule has 0 radical (unpaired) electrons. The van der Waals surface area contributed by atoms with Crippen molar-refractivity contribution < 1.29 is 10.2 Å². The average Bonchev–Trinajstić information content (AvgIpc) is 3.19. The van der Waals surface area contributed by atoms with Gasteiger partial charge in [0, 0.05) is 27.3 Å². The first-order valence-corrected chi connectivity index (χ1v) is 13.0. The third-order valence-corrected chi connectivity index (χ3v) is 7.93. The van der Waals surface area contributed by atoms with E-state index in [-0.39, 0.29) is 16.9 Å². The Hall–Kier alpha value is -4.96. The van der Waals surface area contributed by atoms with E-state index in [4.69, 9.17) is 9.98 Å². The zero-order valence-corrected chi connectivity index (χ0v) is 21.7. The summed E-state index contributed by atoms with van der Waals surface area (Å²) in [6.07, 6.45) is 1.75. The van der Waals surface area contributed by atoms with Crippen LogP contribution in [0.1, 0.15) is 30.7 Å². The lowest BCUT2D eigenvalue weighted by molar-refractivity contribution is 0.458. The number of hydrogen-bond acceptors (Lipinski definition) is 4. The van der Waals surface area contributed by atoms with Gasteiger partial charge in [-0.3, -0.25) is 4.99 Å². The van der Waals surface area contributed by atoms with Crippen LogP contribution in [0.5, 0.6) is 11.5 Å². The Morgan fingerprint density at radius 2 is 1.44 bits per heavy atom. The molecule has 39 heavy (non-hydrogen) atoms. The van der Waals surface area contributed by atoms with Crippen molar-refractivity contribution in [2.24, 2.45) is 4.99 Å². The highest BCUT2D eigenvalue weighted by molar-refractivity contribution is 6.03. The zero-order valence-electron chi connectivity index (χ0n) is 21.7. The smallest absolute Gasteiger partial charge is 0.129 e. The summed E-state index contributed by atoms with van der Waals surface area (Å²) in [6, 6.07) is 33.7. The molecule has 0 saturated carbocycles. The zero-order chi connectivity index (χ0) is 26.7. The predicted molar refractivity (Wildman–Crippen MR) is 159 cm³/mol.